The molecule has 0 aliphatic carbocycles. The van der Waals surface area contributed by atoms with Crippen molar-refractivity contribution in [3.05, 3.63) is 65.2 Å². The van der Waals surface area contributed by atoms with Gasteiger partial charge in [-0.2, -0.15) is 0 Å². The predicted octanol–water partition coefficient (Wildman–Crippen LogP) is 3.03. The number of amides is 1. The molecule has 134 valence electrons. The lowest BCUT2D eigenvalue weighted by atomic mass is 10.0. The number of nitrogens with zero attached hydrogens (tertiary/aromatic N) is 1. The van der Waals surface area contributed by atoms with E-state index < -0.39 is 10.0 Å². The molecule has 0 spiro atoms. The summed E-state index contributed by atoms with van der Waals surface area (Å²) in [5, 5.41) is 3.20. The maximum Gasteiger partial charge on any atom is 0.240 e. The standard InChI is InChI=1S/C18H21ClN2O3S/c1-14(15-7-4-3-5-8-15)12-20-18(22)13-21(25(2,23)24)17-10-6-9-16(19)11-17/h3-11,14H,12-13H2,1-2H3,(H,20,22)/t14-/m1/s1. The largest absolute Gasteiger partial charge is 0.354 e. The van der Waals surface area contributed by atoms with Crippen LogP contribution >= 0.6 is 11.6 Å². The van der Waals surface area contributed by atoms with E-state index in [2.05, 4.69) is 5.32 Å². The molecular formula is C18H21ClN2O3S. The summed E-state index contributed by atoms with van der Waals surface area (Å²) in [6.07, 6.45) is 1.06. The second kappa shape index (κ2) is 8.36. The van der Waals surface area contributed by atoms with E-state index in [1.54, 1.807) is 18.2 Å². The molecule has 25 heavy (non-hydrogen) atoms. The van der Waals surface area contributed by atoms with Crippen LogP contribution in [0.4, 0.5) is 5.69 Å². The molecule has 0 saturated heterocycles. The lowest BCUT2D eigenvalue weighted by Crippen LogP contribution is -2.41. The first kappa shape index (κ1) is 19.3. The molecule has 5 nitrogen and oxygen atoms in total. The third kappa shape index (κ3) is 5.76. The van der Waals surface area contributed by atoms with Gasteiger partial charge in [-0.3, -0.25) is 9.10 Å². The highest BCUT2D eigenvalue weighted by Gasteiger charge is 2.21. The first-order valence-electron chi connectivity index (χ1n) is 7.82. The molecule has 2 aromatic carbocycles. The molecule has 2 aromatic rings. The number of anilines is 1. The number of halogens is 1. The first-order valence-corrected chi connectivity index (χ1v) is 10.0. The van der Waals surface area contributed by atoms with E-state index in [4.69, 9.17) is 11.6 Å². The van der Waals surface area contributed by atoms with Crippen LogP contribution in [0.15, 0.2) is 54.6 Å². The molecule has 0 saturated carbocycles. The Hall–Kier alpha value is -2.05. The number of carbonyl (C=O) groups excluding carboxylic acids is 1. The van der Waals surface area contributed by atoms with Crippen molar-refractivity contribution in [2.24, 2.45) is 0 Å². The van der Waals surface area contributed by atoms with Gasteiger partial charge < -0.3 is 5.32 Å². The Bertz CT molecular complexity index is 825. The predicted molar refractivity (Wildman–Crippen MR) is 102 cm³/mol. The number of benzene rings is 2. The molecule has 7 heteroatoms. The van der Waals surface area contributed by atoms with Crippen molar-refractivity contribution in [1.29, 1.82) is 0 Å². The van der Waals surface area contributed by atoms with Crippen molar-refractivity contribution >= 4 is 33.2 Å². The molecule has 0 heterocycles. The lowest BCUT2D eigenvalue weighted by Gasteiger charge is -2.22. The monoisotopic (exact) mass is 380 g/mol. The van der Waals surface area contributed by atoms with Gasteiger partial charge in [0.05, 0.1) is 11.9 Å². The fourth-order valence-corrected chi connectivity index (χ4v) is 3.42. The maximum atomic E-state index is 12.2. The molecule has 0 aromatic heterocycles. The molecule has 2 rings (SSSR count). The summed E-state index contributed by atoms with van der Waals surface area (Å²) in [4.78, 5) is 12.2. The molecule has 0 bridgehead atoms. The van der Waals surface area contributed by atoms with Crippen LogP contribution in [-0.2, 0) is 14.8 Å². The Kier molecular flexibility index (Phi) is 6.45. The Labute approximate surface area is 153 Å². The van der Waals surface area contributed by atoms with Gasteiger partial charge >= 0.3 is 0 Å². The number of rotatable bonds is 7. The maximum absolute atomic E-state index is 12.2. The van der Waals surface area contributed by atoms with Crippen LogP contribution in [0.5, 0.6) is 0 Å². The smallest absolute Gasteiger partial charge is 0.240 e. The zero-order valence-corrected chi connectivity index (χ0v) is 15.7. The van der Waals surface area contributed by atoms with Gasteiger partial charge in [-0.15, -0.1) is 0 Å². The van der Waals surface area contributed by atoms with Crippen molar-refractivity contribution in [2.75, 3.05) is 23.7 Å². The Morgan fingerprint density at radius 3 is 2.44 bits per heavy atom. The molecule has 0 aliphatic heterocycles. The van der Waals surface area contributed by atoms with E-state index in [1.807, 2.05) is 37.3 Å². The minimum Gasteiger partial charge on any atom is -0.354 e. The van der Waals surface area contributed by atoms with Crippen LogP contribution in [0, 0.1) is 0 Å². The van der Waals surface area contributed by atoms with Gasteiger partial charge in [0.15, 0.2) is 0 Å². The fourth-order valence-electron chi connectivity index (χ4n) is 2.38. The van der Waals surface area contributed by atoms with Crippen LogP contribution in [-0.4, -0.2) is 33.7 Å². The van der Waals surface area contributed by atoms with Crippen LogP contribution < -0.4 is 9.62 Å². The van der Waals surface area contributed by atoms with Gasteiger partial charge in [0, 0.05) is 11.6 Å². The number of sulfonamides is 1. The Balaban J connectivity index is 2.03. The zero-order valence-electron chi connectivity index (χ0n) is 14.1. The van der Waals surface area contributed by atoms with E-state index in [1.165, 1.54) is 6.07 Å². The van der Waals surface area contributed by atoms with Crippen molar-refractivity contribution in [3.63, 3.8) is 0 Å². The van der Waals surface area contributed by atoms with E-state index in [0.29, 0.717) is 17.3 Å². The van der Waals surface area contributed by atoms with Crippen LogP contribution in [0.1, 0.15) is 18.4 Å². The summed E-state index contributed by atoms with van der Waals surface area (Å²) in [5.74, 6) is -0.240. The number of hydrogen-bond acceptors (Lipinski definition) is 3. The van der Waals surface area contributed by atoms with Crippen molar-refractivity contribution in [1.82, 2.24) is 5.32 Å². The molecule has 0 radical (unpaired) electrons. The fraction of sp³-hybridized carbons (Fsp3) is 0.278. The average Bonchev–Trinajstić information content (AvgIpc) is 2.57. The average molecular weight is 381 g/mol. The minimum atomic E-state index is -3.61. The lowest BCUT2D eigenvalue weighted by molar-refractivity contribution is -0.119. The SMILES string of the molecule is C[C@H](CNC(=O)CN(c1cccc(Cl)c1)S(C)(=O)=O)c1ccccc1. The number of carbonyl (C=O) groups is 1. The second-order valence-corrected chi connectivity index (χ2v) is 8.21. The molecule has 0 unspecified atom stereocenters. The highest BCUT2D eigenvalue weighted by Crippen LogP contribution is 2.21. The quantitative estimate of drug-likeness (QED) is 0.802. The topological polar surface area (TPSA) is 66.5 Å². The second-order valence-electron chi connectivity index (χ2n) is 5.87. The zero-order chi connectivity index (χ0) is 18.4. The summed E-state index contributed by atoms with van der Waals surface area (Å²) in [6.45, 7) is 2.14. The van der Waals surface area contributed by atoms with Gasteiger partial charge in [0.25, 0.3) is 0 Å². The Morgan fingerprint density at radius 2 is 1.84 bits per heavy atom. The summed E-state index contributed by atoms with van der Waals surface area (Å²) in [6, 6.07) is 16.2. The van der Waals surface area contributed by atoms with Crippen LogP contribution in [0.3, 0.4) is 0 Å². The third-order valence-corrected chi connectivity index (χ3v) is 5.13. The van der Waals surface area contributed by atoms with Crippen molar-refractivity contribution in [3.8, 4) is 0 Å². The van der Waals surface area contributed by atoms with Crippen molar-refractivity contribution < 1.29 is 13.2 Å². The normalized spacial score (nSPS) is 12.4. The van der Waals surface area contributed by atoms with Gasteiger partial charge in [-0.25, -0.2) is 8.42 Å². The number of nitrogens with one attached hydrogen (secondary N) is 1. The van der Waals surface area contributed by atoms with E-state index in [-0.39, 0.29) is 18.4 Å². The van der Waals surface area contributed by atoms with Crippen molar-refractivity contribution in [2.45, 2.75) is 12.8 Å². The minimum absolute atomic E-state index is 0.128. The molecule has 1 N–H and O–H groups in total. The van der Waals surface area contributed by atoms with Gasteiger partial charge in [-0.05, 0) is 29.7 Å². The van der Waals surface area contributed by atoms with Gasteiger partial charge in [-0.1, -0.05) is 54.9 Å². The molecule has 0 aliphatic rings. The summed E-state index contributed by atoms with van der Waals surface area (Å²) < 4.78 is 25.1. The highest BCUT2D eigenvalue weighted by atomic mass is 35.5. The molecular weight excluding hydrogens is 360 g/mol. The third-order valence-electron chi connectivity index (χ3n) is 3.76. The number of hydrogen-bond donors (Lipinski definition) is 1. The van der Waals surface area contributed by atoms with Crippen LogP contribution in [0.25, 0.3) is 0 Å². The summed E-state index contributed by atoms with van der Waals surface area (Å²) in [7, 11) is -3.61. The van der Waals surface area contributed by atoms with Crippen LogP contribution in [0.2, 0.25) is 5.02 Å². The summed E-state index contributed by atoms with van der Waals surface area (Å²) in [5.41, 5.74) is 1.47. The molecule has 1 amide bonds. The van der Waals surface area contributed by atoms with E-state index in [0.717, 1.165) is 16.1 Å². The molecule has 0 fully saturated rings. The van der Waals surface area contributed by atoms with Gasteiger partial charge in [0.1, 0.15) is 6.54 Å². The Morgan fingerprint density at radius 1 is 1.16 bits per heavy atom. The van der Waals surface area contributed by atoms with Gasteiger partial charge in [0.2, 0.25) is 15.9 Å². The van der Waals surface area contributed by atoms with E-state index >= 15 is 0 Å². The first-order chi connectivity index (χ1) is 11.8. The van der Waals surface area contributed by atoms with E-state index in [9.17, 15) is 13.2 Å². The highest BCUT2D eigenvalue weighted by molar-refractivity contribution is 7.92. The molecule has 1 atom stereocenters. The summed E-state index contributed by atoms with van der Waals surface area (Å²) >= 11 is 5.92.